The Morgan fingerprint density at radius 3 is 1.67 bits per heavy atom. The standard InChI is InChI=1S/C44H67N9O17/c1-33(2)40(51-39(54)13-16-61-18-20-63-22-24-65-26-28-67-30-31-68-29-27-66-25-23-64-21-19-62-17-15-48-52-46)42(56)50-38(4-3-14-47-43(45)57)41(55)49-35-7-5-34(6-8-35)32-69-44(58)70-37-11-9-36(10-12-37)53(59)60/h5-12,33,38,40H,3-4,13-32H2,1-2H3,(H,49,55)(H,50,56)(H,51,54)(H3,45,47,57)/t38-,40-/m0/s1. The maximum absolute atomic E-state index is 13.5. The molecule has 0 spiro atoms. The van der Waals surface area contributed by atoms with Gasteiger partial charge in [-0.1, -0.05) is 31.1 Å². The molecule has 2 rings (SSSR count). The van der Waals surface area contributed by atoms with Crippen LogP contribution in [-0.2, 0) is 63.6 Å². The molecule has 0 saturated heterocycles. The molecule has 2 aromatic carbocycles. The first-order valence-electron chi connectivity index (χ1n) is 22.6. The van der Waals surface area contributed by atoms with Gasteiger partial charge >= 0.3 is 12.2 Å². The average molecular weight is 994 g/mol. The van der Waals surface area contributed by atoms with Crippen molar-refractivity contribution >= 4 is 41.3 Å². The summed E-state index contributed by atoms with van der Waals surface area (Å²) >= 11 is 0. The average Bonchev–Trinajstić information content (AvgIpc) is 3.33. The molecular weight excluding hydrogens is 927 g/mol. The Bertz CT molecular complexity index is 1860. The molecule has 26 nitrogen and oxygen atoms in total. The van der Waals surface area contributed by atoms with Gasteiger partial charge in [0.05, 0.1) is 111 Å². The van der Waals surface area contributed by atoms with E-state index in [9.17, 15) is 34.1 Å². The molecule has 0 radical (unpaired) electrons. The lowest BCUT2D eigenvalue weighted by Crippen LogP contribution is -2.54. The van der Waals surface area contributed by atoms with Crippen molar-refractivity contribution in [1.29, 1.82) is 0 Å². The van der Waals surface area contributed by atoms with Gasteiger partial charge in [0, 0.05) is 42.2 Å². The first-order chi connectivity index (χ1) is 33.9. The van der Waals surface area contributed by atoms with Crippen LogP contribution in [0.3, 0.4) is 0 Å². The zero-order valence-corrected chi connectivity index (χ0v) is 39.7. The number of primary amides is 1. The molecule has 0 aliphatic heterocycles. The molecule has 0 saturated carbocycles. The highest BCUT2D eigenvalue weighted by molar-refractivity contribution is 5.98. The van der Waals surface area contributed by atoms with Crippen molar-refractivity contribution in [3.05, 3.63) is 74.7 Å². The van der Waals surface area contributed by atoms with Gasteiger partial charge in [0.15, 0.2) is 0 Å². The molecule has 26 heteroatoms. The summed E-state index contributed by atoms with van der Waals surface area (Å²) in [6.07, 6.45) is -0.656. The van der Waals surface area contributed by atoms with E-state index < -0.39 is 46.9 Å². The Kier molecular flexibility index (Phi) is 33.0. The number of urea groups is 1. The number of rotatable bonds is 41. The molecule has 0 unspecified atom stereocenters. The number of nitro groups is 1. The quantitative estimate of drug-likeness (QED) is 0.00933. The van der Waals surface area contributed by atoms with Crippen LogP contribution in [0.25, 0.3) is 10.4 Å². The van der Waals surface area contributed by atoms with Crippen LogP contribution >= 0.6 is 0 Å². The highest BCUT2D eigenvalue weighted by atomic mass is 16.7. The number of benzene rings is 2. The Hall–Kier alpha value is -6.22. The maximum atomic E-state index is 13.5. The predicted octanol–water partition coefficient (Wildman–Crippen LogP) is 3.16. The van der Waals surface area contributed by atoms with Crippen molar-refractivity contribution in [2.75, 3.05) is 124 Å². The fourth-order valence-electron chi connectivity index (χ4n) is 5.60. The minimum absolute atomic E-state index is 0.0281. The lowest BCUT2D eigenvalue weighted by atomic mass is 10.0. The molecule has 0 aromatic heterocycles. The molecule has 2 aromatic rings. The van der Waals surface area contributed by atoms with Gasteiger partial charge in [-0.3, -0.25) is 24.5 Å². The van der Waals surface area contributed by atoms with Gasteiger partial charge in [-0.2, -0.15) is 0 Å². The normalized spacial score (nSPS) is 11.8. The predicted molar refractivity (Wildman–Crippen MR) is 250 cm³/mol. The number of nitrogens with one attached hydrogen (secondary N) is 4. The van der Waals surface area contributed by atoms with E-state index >= 15 is 0 Å². The topological polar surface area (TPSA) is 344 Å². The summed E-state index contributed by atoms with van der Waals surface area (Å²) in [6, 6.07) is 8.41. The van der Waals surface area contributed by atoms with Gasteiger partial charge < -0.3 is 74.4 Å². The zero-order chi connectivity index (χ0) is 51.0. The SMILES string of the molecule is CC(C)[C@H](NC(=O)CCOCCOCCOCCOCCOCCOCCOCCOCCN=[N+]=[N-])C(=O)N[C@@H](CCCNC(N)=O)C(=O)Nc1ccc(COC(=O)Oc2ccc([N+](=O)[O-])cc2)cc1. The number of hydrogen-bond donors (Lipinski definition) is 5. The lowest BCUT2D eigenvalue weighted by Gasteiger charge is -2.25. The number of amides is 5. The van der Waals surface area contributed by atoms with Crippen LogP contribution in [0.2, 0.25) is 0 Å². The third kappa shape index (κ3) is 30.3. The summed E-state index contributed by atoms with van der Waals surface area (Å²) in [7, 11) is 0. The fourth-order valence-corrected chi connectivity index (χ4v) is 5.60. The molecule has 6 N–H and O–H groups in total. The van der Waals surface area contributed by atoms with E-state index in [1.165, 1.54) is 24.3 Å². The van der Waals surface area contributed by atoms with Crippen LogP contribution in [0, 0.1) is 16.0 Å². The smallest absolute Gasteiger partial charge is 0.429 e. The Balaban J connectivity index is 1.60. The molecular formula is C44H67N9O17. The van der Waals surface area contributed by atoms with E-state index in [-0.39, 0.29) is 69.6 Å². The van der Waals surface area contributed by atoms with E-state index in [0.717, 1.165) is 0 Å². The Labute approximate surface area is 405 Å². The second kappa shape index (κ2) is 38.6. The third-order valence-electron chi connectivity index (χ3n) is 9.17. The van der Waals surface area contributed by atoms with E-state index in [1.54, 1.807) is 38.1 Å². The molecule has 0 aliphatic carbocycles. The number of hydrogen-bond acceptors (Lipinski definition) is 18. The molecule has 0 fully saturated rings. The number of carbonyl (C=O) groups is 5. The van der Waals surface area contributed by atoms with E-state index in [2.05, 4.69) is 31.3 Å². The summed E-state index contributed by atoms with van der Waals surface area (Å²) < 4.78 is 53.6. The van der Waals surface area contributed by atoms with Crippen molar-refractivity contribution < 1.29 is 76.3 Å². The van der Waals surface area contributed by atoms with Gasteiger partial charge in [-0.25, -0.2) is 9.59 Å². The van der Waals surface area contributed by atoms with E-state index in [4.69, 9.17) is 58.6 Å². The number of nitro benzene ring substituents is 1. The molecule has 0 heterocycles. The number of ether oxygens (including phenoxy) is 10. The highest BCUT2D eigenvalue weighted by Gasteiger charge is 2.29. The molecule has 2 atom stereocenters. The number of anilines is 1. The fraction of sp³-hybridized carbons (Fsp3) is 0.614. The summed E-state index contributed by atoms with van der Waals surface area (Å²) in [5.41, 5.74) is 14.1. The van der Waals surface area contributed by atoms with Crippen LogP contribution in [-0.4, -0.2) is 166 Å². The minimum atomic E-state index is -1.07. The summed E-state index contributed by atoms with van der Waals surface area (Å²) in [5.74, 6) is -1.87. The second-order valence-corrected chi connectivity index (χ2v) is 15.0. The summed E-state index contributed by atoms with van der Waals surface area (Å²) in [5, 5.41) is 24.8. The monoisotopic (exact) mass is 993 g/mol. The highest BCUT2D eigenvalue weighted by Crippen LogP contribution is 2.18. The molecule has 390 valence electrons. The van der Waals surface area contributed by atoms with Crippen molar-refractivity contribution in [2.45, 2.75) is 51.8 Å². The molecule has 70 heavy (non-hydrogen) atoms. The summed E-state index contributed by atoms with van der Waals surface area (Å²) in [4.78, 5) is 76.0. The first-order valence-corrected chi connectivity index (χ1v) is 22.6. The van der Waals surface area contributed by atoms with Crippen LogP contribution in [0.5, 0.6) is 5.75 Å². The maximum Gasteiger partial charge on any atom is 0.514 e. The first kappa shape index (κ1) is 59.9. The molecule has 0 aliphatic rings. The second-order valence-electron chi connectivity index (χ2n) is 15.0. The number of azide groups is 1. The van der Waals surface area contributed by atoms with Gasteiger partial charge in [-0.15, -0.1) is 0 Å². The van der Waals surface area contributed by atoms with Crippen LogP contribution in [0.1, 0.15) is 38.7 Å². The number of carbonyl (C=O) groups excluding carboxylic acids is 5. The molecule has 5 amide bonds. The van der Waals surface area contributed by atoms with Crippen molar-refractivity contribution in [3.8, 4) is 5.75 Å². The Morgan fingerprint density at radius 2 is 1.20 bits per heavy atom. The lowest BCUT2D eigenvalue weighted by molar-refractivity contribution is -0.384. The van der Waals surface area contributed by atoms with Crippen molar-refractivity contribution in [2.24, 2.45) is 16.8 Å². The number of nitrogens with two attached hydrogens (primary N) is 1. The summed E-state index contributed by atoms with van der Waals surface area (Å²) in [6.45, 7) is 9.66. The minimum Gasteiger partial charge on any atom is -0.429 e. The third-order valence-corrected chi connectivity index (χ3v) is 9.17. The van der Waals surface area contributed by atoms with Crippen LogP contribution in [0.15, 0.2) is 53.6 Å². The van der Waals surface area contributed by atoms with Gasteiger partial charge in [0.25, 0.3) is 5.69 Å². The number of non-ortho nitro benzene ring substituents is 1. The largest absolute Gasteiger partial charge is 0.514 e. The van der Waals surface area contributed by atoms with Crippen molar-refractivity contribution in [1.82, 2.24) is 16.0 Å². The van der Waals surface area contributed by atoms with E-state index in [1.807, 2.05) is 0 Å². The van der Waals surface area contributed by atoms with Gasteiger partial charge in [0.2, 0.25) is 17.7 Å². The van der Waals surface area contributed by atoms with Gasteiger partial charge in [0.1, 0.15) is 24.4 Å². The van der Waals surface area contributed by atoms with Crippen LogP contribution < -0.4 is 31.7 Å². The molecule has 0 bridgehead atoms. The van der Waals surface area contributed by atoms with Gasteiger partial charge in [-0.05, 0) is 54.1 Å². The van der Waals surface area contributed by atoms with E-state index in [0.29, 0.717) is 104 Å². The number of nitrogens with zero attached hydrogens (tertiary/aromatic N) is 4. The van der Waals surface area contributed by atoms with Crippen LogP contribution in [0.4, 0.5) is 21.0 Å². The zero-order valence-electron chi connectivity index (χ0n) is 39.7. The Morgan fingerprint density at radius 1 is 0.700 bits per heavy atom. The van der Waals surface area contributed by atoms with Crippen molar-refractivity contribution in [3.63, 3.8) is 0 Å².